The number of carboxylic acids is 1. The van der Waals surface area contributed by atoms with Gasteiger partial charge in [-0.15, -0.1) is 0 Å². The van der Waals surface area contributed by atoms with E-state index in [9.17, 15) is 25.2 Å². The summed E-state index contributed by atoms with van der Waals surface area (Å²) in [4.78, 5) is 11.5. The Morgan fingerprint density at radius 1 is 1.02 bits per heavy atom. The van der Waals surface area contributed by atoms with Gasteiger partial charge in [-0.05, 0) is 91.9 Å². The largest absolute Gasteiger partial charge is 0.479 e. The van der Waals surface area contributed by atoms with Gasteiger partial charge in [0.2, 0.25) is 0 Å². The fourth-order valence-corrected chi connectivity index (χ4v) is 7.70. The van der Waals surface area contributed by atoms with Gasteiger partial charge in [0.25, 0.3) is 0 Å². The number of hydrogen-bond donors (Lipinski definition) is 4. The van der Waals surface area contributed by atoms with E-state index in [1.807, 2.05) is 0 Å². The molecule has 4 fully saturated rings. The molecule has 4 aliphatic rings. The number of carboxylic acid groups (broad SMARTS) is 1. The highest BCUT2D eigenvalue weighted by molar-refractivity contribution is 5.73. The lowest BCUT2D eigenvalue weighted by Crippen LogP contribution is -2.60. The first-order valence-electron chi connectivity index (χ1n) is 15.7. The number of ether oxygens (including phenoxy) is 2. The first-order chi connectivity index (χ1) is 19.3. The van der Waals surface area contributed by atoms with Gasteiger partial charge in [-0.25, -0.2) is 4.79 Å². The molecule has 1 saturated heterocycles. The van der Waals surface area contributed by atoms with E-state index in [-0.39, 0.29) is 6.10 Å². The molecule has 4 rings (SSSR count). The molecule has 11 atom stereocenters. The Hall–Kier alpha value is -1.77. The molecule has 0 aromatic heterocycles. The van der Waals surface area contributed by atoms with E-state index in [0.29, 0.717) is 47.8 Å². The molecule has 230 valence electrons. The zero-order chi connectivity index (χ0) is 30.1. The number of aliphatic hydroxyl groups excluding tert-OH is 3. The third-order valence-corrected chi connectivity index (χ3v) is 10.8. The smallest absolute Gasteiger partial charge is 0.335 e. The maximum absolute atomic E-state index is 11.5. The van der Waals surface area contributed by atoms with Gasteiger partial charge in [-0.2, -0.15) is 0 Å². The van der Waals surface area contributed by atoms with E-state index < -0.39 is 36.7 Å². The van der Waals surface area contributed by atoms with Crippen molar-refractivity contribution in [2.75, 3.05) is 0 Å². The summed E-state index contributed by atoms with van der Waals surface area (Å²) in [6.07, 6.45) is 9.19. The summed E-state index contributed by atoms with van der Waals surface area (Å²) in [5.41, 5.74) is 3.99. The van der Waals surface area contributed by atoms with Crippen molar-refractivity contribution in [1.82, 2.24) is 0 Å². The molecule has 2 unspecified atom stereocenters. The molecular weight excluding hydrogens is 520 g/mol. The molecule has 3 saturated carbocycles. The van der Waals surface area contributed by atoms with Gasteiger partial charge in [0.1, 0.15) is 18.3 Å². The second-order valence-electron chi connectivity index (χ2n) is 13.7. The van der Waals surface area contributed by atoms with Crippen LogP contribution in [0.4, 0.5) is 0 Å². The Labute approximate surface area is 246 Å². The average molecular weight is 573 g/mol. The van der Waals surface area contributed by atoms with Crippen LogP contribution in [0.15, 0.2) is 47.6 Å². The Morgan fingerprint density at radius 3 is 2.44 bits per heavy atom. The minimum Gasteiger partial charge on any atom is -0.479 e. The summed E-state index contributed by atoms with van der Waals surface area (Å²) in [7, 11) is 0. The van der Waals surface area contributed by atoms with Crippen LogP contribution >= 0.6 is 0 Å². The van der Waals surface area contributed by atoms with Crippen molar-refractivity contribution in [1.29, 1.82) is 0 Å². The van der Waals surface area contributed by atoms with Crippen molar-refractivity contribution in [3.05, 3.63) is 47.6 Å². The second-order valence-corrected chi connectivity index (χ2v) is 13.7. The molecule has 41 heavy (non-hydrogen) atoms. The first kappa shape index (κ1) is 32.2. The van der Waals surface area contributed by atoms with Crippen LogP contribution in [0.2, 0.25) is 0 Å². The van der Waals surface area contributed by atoms with Gasteiger partial charge >= 0.3 is 5.97 Å². The van der Waals surface area contributed by atoms with Crippen LogP contribution in [-0.2, 0) is 14.3 Å². The molecule has 4 N–H and O–H groups in total. The summed E-state index contributed by atoms with van der Waals surface area (Å²) in [5.74, 6) is 1.68. The fraction of sp³-hybridized carbons (Fsp3) is 0.735. The van der Waals surface area contributed by atoms with Crippen molar-refractivity contribution in [3.8, 4) is 0 Å². The van der Waals surface area contributed by atoms with Gasteiger partial charge in [0.15, 0.2) is 12.4 Å². The van der Waals surface area contributed by atoms with Crippen LogP contribution in [0.25, 0.3) is 0 Å². The lowest BCUT2D eigenvalue weighted by molar-refractivity contribution is -0.304. The summed E-state index contributed by atoms with van der Waals surface area (Å²) >= 11 is 0. The van der Waals surface area contributed by atoms with Gasteiger partial charge < -0.3 is 29.9 Å². The Balaban J connectivity index is 1.44. The van der Waals surface area contributed by atoms with Gasteiger partial charge in [-0.3, -0.25) is 0 Å². The Morgan fingerprint density at radius 2 is 1.76 bits per heavy atom. The molecule has 1 heterocycles. The maximum Gasteiger partial charge on any atom is 0.335 e. The van der Waals surface area contributed by atoms with Gasteiger partial charge in [0.05, 0.1) is 6.10 Å². The third-order valence-electron chi connectivity index (χ3n) is 10.8. The molecule has 0 amide bonds. The standard InChI is InChI=1S/C34H52O7/c1-19(2)20(3)9-10-22(5)26-15-16-27-23(8-7-17-34(26,27)6)12-13-24-18-25(14-11-21(24)4)40-33-30(37)28(35)29(36)31(41-33)32(38)39/h9-10,12-13,19-20,22,25-31,33,35-37H,4,7-8,11,14-18H2,1-3,5-6H3,(H,38,39)/b10-9+,23-12+,24-13+/t20-,22+,25?,26+,27?,28-,29-,30+,31-,33+,34+/m0/s1. The molecule has 0 spiro atoms. The molecular formula is C34H52O7. The molecule has 0 aromatic rings. The van der Waals surface area contributed by atoms with Gasteiger partial charge in [0, 0.05) is 0 Å². The van der Waals surface area contributed by atoms with E-state index >= 15 is 0 Å². The molecule has 3 aliphatic carbocycles. The lowest BCUT2D eigenvalue weighted by Gasteiger charge is -2.44. The SMILES string of the molecule is C=C1CCC(O[C@@H]2O[C@H](C(=O)O)[C@@H](O)[C@H](O)[C@H]2O)C/C1=C\C=C1/CCC[C@@]2(C)C1CC[C@@H]2[C@H](C)/C=C/[C@H](C)C(C)C. The van der Waals surface area contributed by atoms with Crippen LogP contribution < -0.4 is 0 Å². The van der Waals surface area contributed by atoms with Crippen molar-refractivity contribution in [2.24, 2.45) is 35.0 Å². The maximum atomic E-state index is 11.5. The average Bonchev–Trinajstić information content (AvgIpc) is 3.29. The van der Waals surface area contributed by atoms with Crippen LogP contribution in [0.5, 0.6) is 0 Å². The number of carbonyl (C=O) groups is 1. The molecule has 7 nitrogen and oxygen atoms in total. The first-order valence-corrected chi connectivity index (χ1v) is 15.7. The zero-order valence-corrected chi connectivity index (χ0v) is 25.5. The topological polar surface area (TPSA) is 116 Å². The molecule has 7 heteroatoms. The molecule has 1 aliphatic heterocycles. The van der Waals surface area contributed by atoms with E-state index in [2.05, 4.69) is 65.5 Å². The highest BCUT2D eigenvalue weighted by atomic mass is 16.7. The van der Waals surface area contributed by atoms with Crippen LogP contribution in [-0.4, -0.2) is 63.2 Å². The molecule has 0 bridgehead atoms. The predicted octanol–water partition coefficient (Wildman–Crippen LogP) is 5.56. The zero-order valence-electron chi connectivity index (χ0n) is 25.5. The monoisotopic (exact) mass is 572 g/mol. The van der Waals surface area contributed by atoms with E-state index in [4.69, 9.17) is 9.47 Å². The minimum atomic E-state index is -1.73. The van der Waals surface area contributed by atoms with Crippen molar-refractivity contribution >= 4 is 5.97 Å². The van der Waals surface area contributed by atoms with Crippen molar-refractivity contribution in [2.45, 2.75) is 123 Å². The molecule has 0 radical (unpaired) electrons. The number of aliphatic hydroxyl groups is 3. The Bertz CT molecular complexity index is 1040. The predicted molar refractivity (Wildman–Crippen MR) is 159 cm³/mol. The van der Waals surface area contributed by atoms with Crippen molar-refractivity contribution < 1.29 is 34.7 Å². The third kappa shape index (κ3) is 6.91. The summed E-state index contributed by atoms with van der Waals surface area (Å²) in [6.45, 7) is 16.1. The summed E-state index contributed by atoms with van der Waals surface area (Å²) < 4.78 is 11.3. The normalized spacial score (nSPS) is 41.7. The van der Waals surface area contributed by atoms with E-state index in [1.165, 1.54) is 31.3 Å². The number of allylic oxidation sites excluding steroid dienone is 6. The fourth-order valence-electron chi connectivity index (χ4n) is 7.70. The highest BCUT2D eigenvalue weighted by Gasteiger charge is 2.50. The number of rotatable bonds is 8. The quantitative estimate of drug-likeness (QED) is 0.282. The summed E-state index contributed by atoms with van der Waals surface area (Å²) in [5, 5.41) is 39.8. The van der Waals surface area contributed by atoms with Gasteiger partial charge in [-0.1, -0.05) is 76.6 Å². The van der Waals surface area contributed by atoms with E-state index in [1.54, 1.807) is 0 Å². The second kappa shape index (κ2) is 13.3. The number of hydrogen-bond acceptors (Lipinski definition) is 6. The lowest BCUT2D eigenvalue weighted by atomic mass is 9.61. The number of fused-ring (bicyclic) bond motifs is 1. The van der Waals surface area contributed by atoms with Crippen LogP contribution in [0.1, 0.15) is 86.0 Å². The Kier molecular flexibility index (Phi) is 10.4. The van der Waals surface area contributed by atoms with Crippen LogP contribution in [0, 0.1) is 35.0 Å². The minimum absolute atomic E-state index is 0.309. The van der Waals surface area contributed by atoms with E-state index in [0.717, 1.165) is 24.0 Å². The number of aliphatic carboxylic acids is 1. The van der Waals surface area contributed by atoms with Crippen LogP contribution in [0.3, 0.4) is 0 Å². The highest BCUT2D eigenvalue weighted by Crippen LogP contribution is 2.59. The van der Waals surface area contributed by atoms with Crippen molar-refractivity contribution in [3.63, 3.8) is 0 Å². The summed E-state index contributed by atoms with van der Waals surface area (Å²) in [6, 6.07) is 0. The molecule has 0 aromatic carbocycles.